The standard InChI is InChI=1S/C23H22N2O5/c26-19-14-21(30-20-7-3-2-6-18(19)20)23(28)29-15-22(27)24-16-8-10-17(11-9-16)25-12-4-1-5-13-25/h2-3,6-11,14H,1,4-5,12-13,15H2,(H,24,27). The van der Waals surface area contributed by atoms with Crippen molar-refractivity contribution in [1.29, 1.82) is 0 Å². The summed E-state index contributed by atoms with van der Waals surface area (Å²) in [5, 5.41) is 3.07. The Kier molecular flexibility index (Phi) is 5.79. The maximum Gasteiger partial charge on any atom is 0.374 e. The van der Waals surface area contributed by atoms with Gasteiger partial charge in [0.2, 0.25) is 5.76 Å². The van der Waals surface area contributed by atoms with Gasteiger partial charge in [-0.15, -0.1) is 0 Å². The molecule has 2 aromatic carbocycles. The Balaban J connectivity index is 1.33. The summed E-state index contributed by atoms with van der Waals surface area (Å²) in [4.78, 5) is 38.7. The number of anilines is 2. The van der Waals surface area contributed by atoms with Crippen LogP contribution < -0.4 is 15.6 Å². The molecular formula is C23H22N2O5. The highest BCUT2D eigenvalue weighted by Crippen LogP contribution is 2.21. The topological polar surface area (TPSA) is 88.9 Å². The van der Waals surface area contributed by atoms with Gasteiger partial charge in [-0.2, -0.15) is 0 Å². The number of esters is 1. The minimum absolute atomic E-state index is 0.239. The number of hydrogen-bond acceptors (Lipinski definition) is 6. The molecule has 7 nitrogen and oxygen atoms in total. The lowest BCUT2D eigenvalue weighted by Crippen LogP contribution is -2.29. The number of carbonyl (C=O) groups is 2. The molecule has 30 heavy (non-hydrogen) atoms. The third-order valence-electron chi connectivity index (χ3n) is 5.04. The summed E-state index contributed by atoms with van der Waals surface area (Å²) in [6, 6.07) is 15.3. The van der Waals surface area contributed by atoms with Gasteiger partial charge in [-0.05, 0) is 55.7 Å². The Morgan fingerprint density at radius 1 is 1.00 bits per heavy atom. The van der Waals surface area contributed by atoms with E-state index in [0.29, 0.717) is 11.1 Å². The van der Waals surface area contributed by atoms with Gasteiger partial charge in [0.05, 0.1) is 5.39 Å². The number of ether oxygens (including phenoxy) is 1. The minimum Gasteiger partial charge on any atom is -0.450 e. The van der Waals surface area contributed by atoms with E-state index in [9.17, 15) is 14.4 Å². The highest BCUT2D eigenvalue weighted by Gasteiger charge is 2.16. The zero-order valence-electron chi connectivity index (χ0n) is 16.4. The molecule has 0 saturated carbocycles. The van der Waals surface area contributed by atoms with Crippen LogP contribution in [0.3, 0.4) is 0 Å². The van der Waals surface area contributed by atoms with E-state index >= 15 is 0 Å². The molecule has 2 heterocycles. The van der Waals surface area contributed by atoms with Gasteiger partial charge < -0.3 is 19.4 Å². The van der Waals surface area contributed by atoms with Gasteiger partial charge in [-0.3, -0.25) is 9.59 Å². The van der Waals surface area contributed by atoms with E-state index in [-0.39, 0.29) is 16.8 Å². The first kappa shape index (κ1) is 19.7. The molecule has 1 amide bonds. The van der Waals surface area contributed by atoms with Crippen LogP contribution in [0.15, 0.2) is 63.8 Å². The van der Waals surface area contributed by atoms with Crippen molar-refractivity contribution in [3.63, 3.8) is 0 Å². The zero-order chi connectivity index (χ0) is 20.9. The highest BCUT2D eigenvalue weighted by atomic mass is 16.5. The molecule has 1 saturated heterocycles. The van der Waals surface area contributed by atoms with Crippen molar-refractivity contribution < 1.29 is 18.7 Å². The molecule has 0 bridgehead atoms. The number of carbonyl (C=O) groups excluding carboxylic acids is 2. The Morgan fingerprint density at radius 3 is 2.50 bits per heavy atom. The van der Waals surface area contributed by atoms with E-state index in [1.54, 1.807) is 24.3 Å². The number of benzene rings is 2. The molecule has 1 aliphatic heterocycles. The monoisotopic (exact) mass is 406 g/mol. The number of piperidine rings is 1. The van der Waals surface area contributed by atoms with Crippen molar-refractivity contribution >= 4 is 34.2 Å². The average Bonchev–Trinajstić information content (AvgIpc) is 2.78. The number of nitrogens with zero attached hydrogens (tertiary/aromatic N) is 1. The SMILES string of the molecule is O=C(COC(=O)c1cc(=O)c2ccccc2o1)Nc1ccc(N2CCCCC2)cc1. The number of fused-ring (bicyclic) bond motifs is 1. The number of nitrogens with one attached hydrogen (secondary N) is 1. The van der Waals surface area contributed by atoms with Crippen molar-refractivity contribution in [3.05, 3.63) is 70.6 Å². The second kappa shape index (κ2) is 8.82. The summed E-state index contributed by atoms with van der Waals surface area (Å²) in [6.45, 7) is 1.61. The van der Waals surface area contributed by atoms with Crippen LogP contribution in [0.1, 0.15) is 29.8 Å². The van der Waals surface area contributed by atoms with Crippen LogP contribution in [-0.2, 0) is 9.53 Å². The fourth-order valence-electron chi connectivity index (χ4n) is 3.51. The van der Waals surface area contributed by atoms with Gasteiger partial charge in [0.15, 0.2) is 12.0 Å². The van der Waals surface area contributed by atoms with E-state index in [2.05, 4.69) is 10.2 Å². The van der Waals surface area contributed by atoms with E-state index < -0.39 is 18.5 Å². The molecule has 7 heteroatoms. The lowest BCUT2D eigenvalue weighted by Gasteiger charge is -2.28. The molecular weight excluding hydrogens is 384 g/mol. The molecule has 0 spiro atoms. The predicted molar refractivity (Wildman–Crippen MR) is 114 cm³/mol. The van der Waals surface area contributed by atoms with E-state index in [1.165, 1.54) is 19.3 Å². The molecule has 1 N–H and O–H groups in total. The van der Waals surface area contributed by atoms with Crippen LogP contribution in [0.2, 0.25) is 0 Å². The molecule has 0 radical (unpaired) electrons. The molecule has 4 rings (SSSR count). The van der Waals surface area contributed by atoms with Gasteiger partial charge >= 0.3 is 5.97 Å². The Morgan fingerprint density at radius 2 is 1.73 bits per heavy atom. The Labute approximate surface area is 173 Å². The third-order valence-corrected chi connectivity index (χ3v) is 5.04. The van der Waals surface area contributed by atoms with E-state index in [1.807, 2.05) is 24.3 Å². The second-order valence-electron chi connectivity index (χ2n) is 7.19. The summed E-state index contributed by atoms with van der Waals surface area (Å²) >= 11 is 0. The van der Waals surface area contributed by atoms with E-state index in [0.717, 1.165) is 24.8 Å². The largest absolute Gasteiger partial charge is 0.450 e. The van der Waals surface area contributed by atoms with Gasteiger partial charge in [0.1, 0.15) is 5.58 Å². The molecule has 0 unspecified atom stereocenters. The van der Waals surface area contributed by atoms with Crippen LogP contribution in [-0.4, -0.2) is 31.6 Å². The summed E-state index contributed by atoms with van der Waals surface area (Å²) in [7, 11) is 0. The predicted octanol–water partition coefficient (Wildman–Crippen LogP) is 3.58. The van der Waals surface area contributed by atoms with Crippen molar-refractivity contribution in [1.82, 2.24) is 0 Å². The number of rotatable bonds is 5. The normalized spacial score (nSPS) is 13.8. The lowest BCUT2D eigenvalue weighted by atomic mass is 10.1. The number of hydrogen-bond donors (Lipinski definition) is 1. The average molecular weight is 406 g/mol. The van der Waals surface area contributed by atoms with Crippen molar-refractivity contribution in [2.45, 2.75) is 19.3 Å². The van der Waals surface area contributed by atoms with Crippen LogP contribution >= 0.6 is 0 Å². The minimum atomic E-state index is -0.867. The molecule has 1 aliphatic rings. The first-order valence-electron chi connectivity index (χ1n) is 9.95. The maximum absolute atomic E-state index is 12.2. The zero-order valence-corrected chi connectivity index (χ0v) is 16.4. The molecule has 1 fully saturated rings. The summed E-state index contributed by atoms with van der Waals surface area (Å²) in [6.07, 6.45) is 3.66. The van der Waals surface area contributed by atoms with Crippen LogP contribution in [0, 0.1) is 0 Å². The number of para-hydroxylation sites is 1. The maximum atomic E-state index is 12.2. The fraction of sp³-hybridized carbons (Fsp3) is 0.261. The summed E-state index contributed by atoms with van der Waals surface area (Å²) in [5.74, 6) is -1.58. The van der Waals surface area contributed by atoms with Gasteiger partial charge in [0, 0.05) is 30.5 Å². The van der Waals surface area contributed by atoms with Crippen LogP contribution in [0.5, 0.6) is 0 Å². The van der Waals surface area contributed by atoms with Gasteiger partial charge in [0.25, 0.3) is 5.91 Å². The lowest BCUT2D eigenvalue weighted by molar-refractivity contribution is -0.119. The van der Waals surface area contributed by atoms with Crippen LogP contribution in [0.4, 0.5) is 11.4 Å². The third kappa shape index (κ3) is 4.51. The molecule has 3 aromatic rings. The van der Waals surface area contributed by atoms with Crippen molar-refractivity contribution in [2.24, 2.45) is 0 Å². The highest BCUT2D eigenvalue weighted by molar-refractivity contribution is 5.95. The van der Waals surface area contributed by atoms with Gasteiger partial charge in [-0.25, -0.2) is 4.79 Å². The Hall–Kier alpha value is -3.61. The molecule has 0 aliphatic carbocycles. The molecule has 1 aromatic heterocycles. The molecule has 154 valence electrons. The summed E-state index contributed by atoms with van der Waals surface area (Å²) < 4.78 is 10.4. The fourth-order valence-corrected chi connectivity index (χ4v) is 3.51. The first-order valence-corrected chi connectivity index (χ1v) is 9.95. The van der Waals surface area contributed by atoms with Crippen molar-refractivity contribution in [2.75, 3.05) is 29.9 Å². The van der Waals surface area contributed by atoms with Crippen LogP contribution in [0.25, 0.3) is 11.0 Å². The second-order valence-corrected chi connectivity index (χ2v) is 7.19. The van der Waals surface area contributed by atoms with Gasteiger partial charge in [-0.1, -0.05) is 12.1 Å². The quantitative estimate of drug-likeness (QED) is 0.652. The molecule has 0 atom stereocenters. The smallest absolute Gasteiger partial charge is 0.374 e. The van der Waals surface area contributed by atoms with Crippen molar-refractivity contribution in [3.8, 4) is 0 Å². The first-order chi connectivity index (χ1) is 14.6. The Bertz CT molecular complexity index is 1110. The van der Waals surface area contributed by atoms with E-state index in [4.69, 9.17) is 9.15 Å². The number of amides is 1. The summed E-state index contributed by atoms with van der Waals surface area (Å²) in [5.41, 5.74) is 1.69.